The third kappa shape index (κ3) is 5.47. The van der Waals surface area contributed by atoms with Crippen LogP contribution in [0.5, 0.6) is 0 Å². The van der Waals surface area contributed by atoms with Crippen molar-refractivity contribution in [2.75, 3.05) is 33.0 Å². The van der Waals surface area contributed by atoms with E-state index in [9.17, 15) is 19.2 Å². The molecule has 0 aromatic heterocycles. The van der Waals surface area contributed by atoms with E-state index in [4.69, 9.17) is 14.2 Å². The summed E-state index contributed by atoms with van der Waals surface area (Å²) in [5, 5.41) is 2.19. The summed E-state index contributed by atoms with van der Waals surface area (Å²) in [5.41, 5.74) is -1.34. The molecule has 9 heteroatoms. The Bertz CT molecular complexity index is 532. The van der Waals surface area contributed by atoms with Crippen LogP contribution in [0.1, 0.15) is 20.3 Å². The number of ether oxygens (including phenoxy) is 4. The molecule has 1 amide bonds. The van der Waals surface area contributed by atoms with Gasteiger partial charge in [0.25, 0.3) is 0 Å². The highest BCUT2D eigenvalue weighted by molar-refractivity contribution is 6.04. The Hall–Kier alpha value is -2.58. The number of alkyl carbamates (subject to hydrolysis) is 1. The molecule has 0 saturated heterocycles. The van der Waals surface area contributed by atoms with Crippen LogP contribution in [0.3, 0.4) is 0 Å². The smallest absolute Gasteiger partial charge is 0.407 e. The molecular weight excluding hydrogens is 334 g/mol. The molecule has 2 atom stereocenters. The molecule has 9 nitrogen and oxygen atoms in total. The normalized spacial score (nSPS) is 20.8. The number of nitrogens with one attached hydrogen (secondary N) is 1. The van der Waals surface area contributed by atoms with Gasteiger partial charge in [-0.3, -0.25) is 14.4 Å². The van der Waals surface area contributed by atoms with E-state index in [0.29, 0.717) is 0 Å². The Labute approximate surface area is 145 Å². The summed E-state index contributed by atoms with van der Waals surface area (Å²) in [4.78, 5) is 46.5. The van der Waals surface area contributed by atoms with Crippen LogP contribution < -0.4 is 5.32 Å². The van der Waals surface area contributed by atoms with E-state index in [1.165, 1.54) is 6.08 Å². The van der Waals surface area contributed by atoms with Gasteiger partial charge in [0, 0.05) is 5.92 Å². The molecule has 25 heavy (non-hydrogen) atoms. The lowest BCUT2D eigenvalue weighted by atomic mass is 10.0. The second-order valence-electron chi connectivity index (χ2n) is 5.17. The largest absolute Gasteiger partial charge is 0.465 e. The van der Waals surface area contributed by atoms with Crippen LogP contribution in [0.15, 0.2) is 12.7 Å². The Balaban J connectivity index is 2.32. The van der Waals surface area contributed by atoms with Crippen LogP contribution in [0.2, 0.25) is 0 Å². The number of carbonyl (C=O) groups excluding carboxylic acids is 4. The van der Waals surface area contributed by atoms with Crippen LogP contribution in [0, 0.1) is 11.3 Å². The van der Waals surface area contributed by atoms with Crippen molar-refractivity contribution in [3.05, 3.63) is 12.7 Å². The molecule has 1 fully saturated rings. The summed E-state index contributed by atoms with van der Waals surface area (Å²) in [7, 11) is 0. The number of hydrogen-bond donors (Lipinski definition) is 1. The highest BCUT2D eigenvalue weighted by Gasteiger charge is 2.67. The first kappa shape index (κ1) is 20.5. The summed E-state index contributed by atoms with van der Waals surface area (Å²) in [5.74, 6) is -2.29. The average molecular weight is 357 g/mol. The van der Waals surface area contributed by atoms with Gasteiger partial charge in [-0.2, -0.15) is 0 Å². The first-order valence-corrected chi connectivity index (χ1v) is 7.95. The first-order valence-electron chi connectivity index (χ1n) is 7.95. The fourth-order valence-corrected chi connectivity index (χ4v) is 2.19. The highest BCUT2D eigenvalue weighted by atomic mass is 16.6. The van der Waals surface area contributed by atoms with Crippen molar-refractivity contribution in [2.45, 2.75) is 20.3 Å². The van der Waals surface area contributed by atoms with E-state index in [1.54, 1.807) is 13.8 Å². The van der Waals surface area contributed by atoms with Gasteiger partial charge in [0.15, 0.2) is 5.41 Å². The van der Waals surface area contributed by atoms with Crippen molar-refractivity contribution in [2.24, 2.45) is 11.3 Å². The molecule has 0 bridgehead atoms. The van der Waals surface area contributed by atoms with Gasteiger partial charge in [0.2, 0.25) is 0 Å². The van der Waals surface area contributed by atoms with Crippen molar-refractivity contribution in [3.63, 3.8) is 0 Å². The van der Waals surface area contributed by atoms with Crippen LogP contribution in [0.25, 0.3) is 0 Å². The van der Waals surface area contributed by atoms with E-state index in [1.807, 2.05) is 0 Å². The number of esters is 3. The second kappa shape index (κ2) is 9.65. The first-order chi connectivity index (χ1) is 11.9. The molecule has 1 saturated carbocycles. The van der Waals surface area contributed by atoms with Gasteiger partial charge in [0.1, 0.15) is 19.8 Å². The van der Waals surface area contributed by atoms with E-state index in [2.05, 4.69) is 16.6 Å². The van der Waals surface area contributed by atoms with Crippen molar-refractivity contribution < 1.29 is 38.1 Å². The second-order valence-corrected chi connectivity index (χ2v) is 5.17. The average Bonchev–Trinajstić information content (AvgIpc) is 3.33. The molecule has 2 unspecified atom stereocenters. The zero-order valence-corrected chi connectivity index (χ0v) is 14.4. The lowest BCUT2D eigenvalue weighted by molar-refractivity contribution is -0.165. The van der Waals surface area contributed by atoms with Gasteiger partial charge >= 0.3 is 24.0 Å². The molecule has 1 rings (SSSR count). The third-order valence-corrected chi connectivity index (χ3v) is 3.54. The van der Waals surface area contributed by atoms with Crippen LogP contribution in [-0.4, -0.2) is 57.0 Å². The van der Waals surface area contributed by atoms with E-state index in [-0.39, 0.29) is 45.3 Å². The lowest BCUT2D eigenvalue weighted by Gasteiger charge is -2.14. The zero-order chi connectivity index (χ0) is 18.9. The number of rotatable bonds is 10. The summed E-state index contributed by atoms with van der Waals surface area (Å²) in [6.07, 6.45) is 0.951. The molecular formula is C16H23NO8. The zero-order valence-electron chi connectivity index (χ0n) is 14.4. The summed E-state index contributed by atoms with van der Waals surface area (Å²) < 4.78 is 19.3. The van der Waals surface area contributed by atoms with Crippen LogP contribution >= 0.6 is 0 Å². The minimum Gasteiger partial charge on any atom is -0.465 e. The predicted molar refractivity (Wildman–Crippen MR) is 84.3 cm³/mol. The maximum Gasteiger partial charge on any atom is 0.407 e. The Morgan fingerprint density at radius 1 is 1.04 bits per heavy atom. The standard InChI is InChI=1S/C16H23NO8/c1-4-11-9-16(11,13(19)23-6-3)14(20)24-7-8-25-15(21)17-10-12(18)22-5-2/h4,11H,1,5-10H2,2-3H3,(H,17,21). The van der Waals surface area contributed by atoms with E-state index in [0.717, 1.165) is 0 Å². The van der Waals surface area contributed by atoms with Gasteiger partial charge in [-0.05, 0) is 20.3 Å². The molecule has 140 valence electrons. The highest BCUT2D eigenvalue weighted by Crippen LogP contribution is 2.55. The van der Waals surface area contributed by atoms with Gasteiger partial charge in [0.05, 0.1) is 13.2 Å². The van der Waals surface area contributed by atoms with E-state index >= 15 is 0 Å². The molecule has 0 aromatic carbocycles. The third-order valence-electron chi connectivity index (χ3n) is 3.54. The van der Waals surface area contributed by atoms with Gasteiger partial charge < -0.3 is 24.3 Å². The molecule has 0 aromatic rings. The monoisotopic (exact) mass is 357 g/mol. The number of hydrogen-bond acceptors (Lipinski definition) is 8. The molecule has 1 aliphatic rings. The van der Waals surface area contributed by atoms with Crippen LogP contribution in [-0.2, 0) is 33.3 Å². The maximum atomic E-state index is 12.2. The van der Waals surface area contributed by atoms with Crippen molar-refractivity contribution in [1.29, 1.82) is 0 Å². The lowest BCUT2D eigenvalue weighted by Crippen LogP contribution is -2.34. The Morgan fingerprint density at radius 2 is 1.64 bits per heavy atom. The number of amides is 1. The molecule has 1 aliphatic carbocycles. The van der Waals surface area contributed by atoms with Gasteiger partial charge in [-0.25, -0.2) is 4.79 Å². The van der Waals surface area contributed by atoms with Crippen molar-refractivity contribution in [1.82, 2.24) is 5.32 Å². The topological polar surface area (TPSA) is 117 Å². The minimum absolute atomic E-state index is 0.154. The SMILES string of the molecule is C=CC1CC1(C(=O)OCC)C(=O)OCCOC(=O)NCC(=O)OCC. The molecule has 1 N–H and O–H groups in total. The molecule has 0 radical (unpaired) electrons. The number of carbonyl (C=O) groups is 4. The Kier molecular flexibility index (Phi) is 7.90. The number of allylic oxidation sites excluding steroid dienone is 1. The quantitative estimate of drug-likeness (QED) is 0.198. The molecule has 0 aliphatic heterocycles. The van der Waals surface area contributed by atoms with Crippen molar-refractivity contribution in [3.8, 4) is 0 Å². The predicted octanol–water partition coefficient (Wildman–Crippen LogP) is 0.574. The summed E-state index contributed by atoms with van der Waals surface area (Å²) in [6.45, 7) is 6.46. The van der Waals surface area contributed by atoms with Crippen molar-refractivity contribution >= 4 is 24.0 Å². The Morgan fingerprint density at radius 3 is 2.20 bits per heavy atom. The molecule has 0 spiro atoms. The van der Waals surface area contributed by atoms with E-state index < -0.39 is 29.4 Å². The molecule has 0 heterocycles. The fraction of sp³-hybridized carbons (Fsp3) is 0.625. The fourth-order valence-electron chi connectivity index (χ4n) is 2.19. The summed E-state index contributed by atoms with van der Waals surface area (Å²) >= 11 is 0. The maximum absolute atomic E-state index is 12.2. The van der Waals surface area contributed by atoms with Gasteiger partial charge in [-0.1, -0.05) is 6.08 Å². The minimum atomic E-state index is -1.34. The van der Waals surface area contributed by atoms with Crippen LogP contribution in [0.4, 0.5) is 4.79 Å². The van der Waals surface area contributed by atoms with Gasteiger partial charge in [-0.15, -0.1) is 6.58 Å². The summed E-state index contributed by atoms with van der Waals surface area (Å²) in [6, 6.07) is 0.